The summed E-state index contributed by atoms with van der Waals surface area (Å²) in [6.45, 7) is 5.46. The van der Waals surface area contributed by atoms with Gasteiger partial charge in [-0.2, -0.15) is 0 Å². The second-order valence-corrected chi connectivity index (χ2v) is 9.29. The molecule has 0 spiro atoms. The topological polar surface area (TPSA) is 132 Å². The van der Waals surface area contributed by atoms with Crippen LogP contribution in [0.2, 0.25) is 5.02 Å². The van der Waals surface area contributed by atoms with Crippen molar-refractivity contribution in [3.63, 3.8) is 0 Å². The molecule has 13 heteroatoms. The number of aliphatic hydroxyl groups is 2. The number of phosphoric ester groups is 1. The van der Waals surface area contributed by atoms with E-state index in [4.69, 9.17) is 42.1 Å². The molecule has 0 bridgehead atoms. The van der Waals surface area contributed by atoms with Gasteiger partial charge >= 0.3 is 13.8 Å². The standard InChI is InChI=1S/C17H18ClN2O8PS.C2H6/c1-9-7-20(16(30)19-15(9)21)14-5-4-13(26-14)17(22,23)28-29(24)25-8-10-6-11(18)2-3-12(10)27-29;1-2/h2-3,6-7,13-14,22-23H,4-5,8H2,1H3,(H,19,21,30);1-2H3. The maximum Gasteiger partial charge on any atom is 0.534 e. The average Bonchev–Trinajstić information content (AvgIpc) is 3.23. The highest BCUT2D eigenvalue weighted by molar-refractivity contribution is 7.71. The maximum atomic E-state index is 12.8. The molecule has 3 unspecified atom stereocenters. The maximum absolute atomic E-state index is 12.8. The van der Waals surface area contributed by atoms with Gasteiger partial charge in [0.05, 0.1) is 6.61 Å². The second-order valence-electron chi connectivity index (χ2n) is 6.95. The fourth-order valence-corrected chi connectivity index (χ4v) is 4.98. The molecule has 4 rings (SSSR count). The van der Waals surface area contributed by atoms with Gasteiger partial charge in [0.1, 0.15) is 18.1 Å². The van der Waals surface area contributed by atoms with Crippen molar-refractivity contribution in [1.82, 2.24) is 9.55 Å². The molecule has 3 heterocycles. The van der Waals surface area contributed by atoms with Gasteiger partial charge < -0.3 is 19.5 Å². The van der Waals surface area contributed by atoms with E-state index in [-0.39, 0.29) is 29.1 Å². The normalized spacial score (nSPS) is 24.8. The van der Waals surface area contributed by atoms with Crippen LogP contribution in [-0.4, -0.2) is 31.8 Å². The minimum Gasteiger partial charge on any atom is -0.404 e. The SMILES string of the molecule is CC.Cc1cn(C2CCC(C(O)(O)OP3(=O)OCc4cc(Cl)ccc4O3)O2)c(=S)[nH]c1=O. The third kappa shape index (κ3) is 5.32. The molecular formula is C19H24ClN2O8PS. The molecule has 1 saturated heterocycles. The van der Waals surface area contributed by atoms with Crippen LogP contribution in [-0.2, 0) is 25.0 Å². The summed E-state index contributed by atoms with van der Waals surface area (Å²) < 4.78 is 35.4. The fraction of sp³-hybridized carbons (Fsp3) is 0.474. The Kier molecular flexibility index (Phi) is 7.63. The van der Waals surface area contributed by atoms with E-state index in [9.17, 15) is 19.6 Å². The molecule has 3 atom stereocenters. The van der Waals surface area contributed by atoms with Gasteiger partial charge in [0.15, 0.2) is 4.77 Å². The summed E-state index contributed by atoms with van der Waals surface area (Å²) >= 11 is 11.0. The Bertz CT molecular complexity index is 1150. The first-order chi connectivity index (χ1) is 15.1. The largest absolute Gasteiger partial charge is 0.534 e. The number of H-pyrrole nitrogens is 1. The molecule has 0 amide bonds. The molecule has 3 N–H and O–H groups in total. The zero-order chi connectivity index (χ0) is 23.7. The van der Waals surface area contributed by atoms with Gasteiger partial charge in [0.2, 0.25) is 0 Å². The number of ether oxygens (including phenoxy) is 1. The predicted molar refractivity (Wildman–Crippen MR) is 118 cm³/mol. The number of rotatable bonds is 4. The van der Waals surface area contributed by atoms with Crippen molar-refractivity contribution in [3.05, 3.63) is 55.7 Å². The molecule has 10 nitrogen and oxygen atoms in total. The molecule has 2 aromatic rings. The Hall–Kier alpha value is -1.56. The Morgan fingerprint density at radius 1 is 1.34 bits per heavy atom. The van der Waals surface area contributed by atoms with Crippen LogP contribution in [0.5, 0.6) is 5.75 Å². The third-order valence-corrected chi connectivity index (χ3v) is 6.64. The van der Waals surface area contributed by atoms with E-state index in [2.05, 4.69) is 4.98 Å². The Morgan fingerprint density at radius 3 is 2.78 bits per heavy atom. The molecule has 0 saturated carbocycles. The number of nitrogens with zero attached hydrogens (tertiary/aromatic N) is 1. The summed E-state index contributed by atoms with van der Waals surface area (Å²) in [6.07, 6.45) is 0.0372. The molecule has 176 valence electrons. The van der Waals surface area contributed by atoms with Crippen LogP contribution in [0.1, 0.15) is 44.0 Å². The van der Waals surface area contributed by atoms with Gasteiger partial charge in [-0.3, -0.25) is 18.9 Å². The van der Waals surface area contributed by atoms with Gasteiger partial charge in [-0.05, 0) is 50.2 Å². The minimum atomic E-state index is -4.35. The van der Waals surface area contributed by atoms with Gasteiger partial charge in [0, 0.05) is 22.3 Å². The van der Waals surface area contributed by atoms with E-state index in [1.807, 2.05) is 13.8 Å². The number of hydrogen-bond acceptors (Lipinski definition) is 9. The van der Waals surface area contributed by atoms with E-state index < -0.39 is 26.1 Å². The molecule has 2 aliphatic heterocycles. The summed E-state index contributed by atoms with van der Waals surface area (Å²) in [4.78, 5) is 14.2. The quantitative estimate of drug-likeness (QED) is 0.320. The van der Waals surface area contributed by atoms with Crippen LogP contribution >= 0.6 is 31.6 Å². The van der Waals surface area contributed by atoms with Crippen molar-refractivity contribution in [3.8, 4) is 5.75 Å². The number of fused-ring (bicyclic) bond motifs is 1. The first kappa shape index (κ1) is 25.1. The van der Waals surface area contributed by atoms with E-state index in [0.717, 1.165) is 0 Å². The minimum absolute atomic E-state index is 0.126. The summed E-state index contributed by atoms with van der Waals surface area (Å²) in [5, 5.41) is 21.3. The predicted octanol–water partition coefficient (Wildman–Crippen LogP) is 3.94. The second kappa shape index (κ2) is 9.74. The highest BCUT2D eigenvalue weighted by Crippen LogP contribution is 2.57. The van der Waals surface area contributed by atoms with Crippen molar-refractivity contribution in [2.24, 2.45) is 0 Å². The average molecular weight is 507 g/mol. The van der Waals surface area contributed by atoms with Crippen LogP contribution in [0.15, 0.2) is 29.2 Å². The summed E-state index contributed by atoms with van der Waals surface area (Å²) in [6, 6.07) is 4.59. The molecule has 0 radical (unpaired) electrons. The van der Waals surface area contributed by atoms with Crippen LogP contribution in [0.25, 0.3) is 0 Å². The first-order valence-electron chi connectivity index (χ1n) is 9.92. The number of nitrogens with one attached hydrogen (secondary N) is 1. The van der Waals surface area contributed by atoms with Crippen molar-refractivity contribution in [2.45, 2.75) is 58.5 Å². The van der Waals surface area contributed by atoms with E-state index in [0.29, 0.717) is 22.6 Å². The van der Waals surface area contributed by atoms with Gasteiger partial charge in [-0.1, -0.05) is 25.4 Å². The highest BCUT2D eigenvalue weighted by Gasteiger charge is 2.50. The summed E-state index contributed by atoms with van der Waals surface area (Å²) in [5.41, 5.74) is 0.636. The van der Waals surface area contributed by atoms with Crippen LogP contribution in [0.4, 0.5) is 0 Å². The highest BCUT2D eigenvalue weighted by atomic mass is 35.5. The number of aromatic amines is 1. The number of phosphoric acid groups is 1. The van der Waals surface area contributed by atoms with E-state index in [1.165, 1.54) is 22.9 Å². The summed E-state index contributed by atoms with van der Waals surface area (Å²) in [7, 11) is -4.35. The van der Waals surface area contributed by atoms with E-state index >= 15 is 0 Å². The number of halogens is 1. The molecule has 1 aromatic carbocycles. The van der Waals surface area contributed by atoms with Crippen LogP contribution in [0.3, 0.4) is 0 Å². The lowest BCUT2D eigenvalue weighted by molar-refractivity contribution is -0.349. The van der Waals surface area contributed by atoms with Gasteiger partial charge in [-0.25, -0.2) is 9.09 Å². The lowest BCUT2D eigenvalue weighted by Crippen LogP contribution is -2.44. The van der Waals surface area contributed by atoms with E-state index in [1.54, 1.807) is 13.0 Å². The Labute approximate surface area is 194 Å². The Balaban J connectivity index is 0.00000141. The summed E-state index contributed by atoms with van der Waals surface area (Å²) in [5.74, 6) is -2.77. The number of aryl methyl sites for hydroxylation is 1. The molecule has 0 aliphatic carbocycles. The first-order valence-corrected chi connectivity index (χ1v) is 12.2. The molecule has 2 aliphatic rings. The lowest BCUT2D eigenvalue weighted by atomic mass is 10.2. The van der Waals surface area contributed by atoms with Crippen LogP contribution in [0, 0.1) is 11.7 Å². The molecular weight excluding hydrogens is 483 g/mol. The molecule has 32 heavy (non-hydrogen) atoms. The number of benzene rings is 1. The zero-order valence-corrected chi connectivity index (χ0v) is 20.1. The fourth-order valence-electron chi connectivity index (χ4n) is 3.21. The molecule has 1 fully saturated rings. The van der Waals surface area contributed by atoms with Gasteiger partial charge in [0.25, 0.3) is 5.56 Å². The van der Waals surface area contributed by atoms with Crippen LogP contribution < -0.4 is 10.1 Å². The number of aromatic nitrogens is 2. The molecule has 1 aromatic heterocycles. The smallest absolute Gasteiger partial charge is 0.404 e. The number of hydrogen-bond donors (Lipinski definition) is 3. The Morgan fingerprint density at radius 2 is 2.06 bits per heavy atom. The third-order valence-electron chi connectivity index (χ3n) is 4.73. The van der Waals surface area contributed by atoms with Crippen molar-refractivity contribution in [2.75, 3.05) is 0 Å². The van der Waals surface area contributed by atoms with Crippen molar-refractivity contribution < 1.29 is 33.1 Å². The van der Waals surface area contributed by atoms with Gasteiger partial charge in [-0.15, -0.1) is 0 Å². The monoisotopic (exact) mass is 506 g/mol. The lowest BCUT2D eigenvalue weighted by Gasteiger charge is -2.32. The van der Waals surface area contributed by atoms with Crippen molar-refractivity contribution >= 4 is 31.6 Å². The zero-order valence-electron chi connectivity index (χ0n) is 17.6. The van der Waals surface area contributed by atoms with Crippen molar-refractivity contribution in [1.29, 1.82) is 0 Å².